The molecule has 7 nitrogen and oxygen atoms in total. The van der Waals surface area contributed by atoms with Crippen molar-refractivity contribution in [1.82, 2.24) is 4.72 Å². The van der Waals surface area contributed by atoms with Crippen molar-refractivity contribution in [3.05, 3.63) is 29.8 Å². The first-order valence-electron chi connectivity index (χ1n) is 5.38. The Morgan fingerprint density at radius 1 is 1.21 bits per heavy atom. The molecule has 0 fully saturated rings. The van der Waals surface area contributed by atoms with Gasteiger partial charge in [0, 0.05) is 13.0 Å². The Morgan fingerprint density at radius 2 is 1.89 bits per heavy atom. The molecular formula is C11H13NO6S. The topological polar surface area (TPSA) is 121 Å². The lowest BCUT2D eigenvalue weighted by atomic mass is 10.2. The molecule has 104 valence electrons. The van der Waals surface area contributed by atoms with Crippen molar-refractivity contribution in [3.63, 3.8) is 0 Å². The molecule has 1 aromatic carbocycles. The number of sulfonamides is 1. The minimum absolute atomic E-state index is 0.0219. The lowest BCUT2D eigenvalue weighted by Gasteiger charge is -2.06. The second-order valence-corrected chi connectivity index (χ2v) is 5.50. The number of carboxylic acids is 2. The zero-order valence-electron chi connectivity index (χ0n) is 9.87. The summed E-state index contributed by atoms with van der Waals surface area (Å²) in [6.45, 7) is -0.0219. The number of aliphatic carboxylic acids is 1. The number of nitrogens with one attached hydrogen (secondary N) is 1. The first kappa shape index (κ1) is 15.1. The van der Waals surface area contributed by atoms with E-state index in [4.69, 9.17) is 10.2 Å². The fraction of sp³-hybridized carbons (Fsp3) is 0.273. The maximum absolute atomic E-state index is 11.8. The maximum atomic E-state index is 11.8. The van der Waals surface area contributed by atoms with E-state index in [1.54, 1.807) is 0 Å². The average Bonchev–Trinajstić information content (AvgIpc) is 2.34. The van der Waals surface area contributed by atoms with Gasteiger partial charge in [0.15, 0.2) is 0 Å². The third-order valence-corrected chi connectivity index (χ3v) is 3.71. The Morgan fingerprint density at radius 3 is 2.47 bits per heavy atom. The van der Waals surface area contributed by atoms with Crippen LogP contribution in [0.2, 0.25) is 0 Å². The average molecular weight is 287 g/mol. The molecule has 0 bridgehead atoms. The monoisotopic (exact) mass is 287 g/mol. The molecule has 0 aliphatic rings. The van der Waals surface area contributed by atoms with E-state index in [1.807, 2.05) is 0 Å². The van der Waals surface area contributed by atoms with Gasteiger partial charge in [0.2, 0.25) is 10.0 Å². The van der Waals surface area contributed by atoms with Gasteiger partial charge in [0.25, 0.3) is 0 Å². The van der Waals surface area contributed by atoms with Crippen molar-refractivity contribution in [3.8, 4) is 0 Å². The molecule has 1 aromatic rings. The molecule has 0 atom stereocenters. The Bertz CT molecular complexity index is 581. The van der Waals surface area contributed by atoms with Crippen LogP contribution in [0.25, 0.3) is 0 Å². The van der Waals surface area contributed by atoms with Gasteiger partial charge in [-0.05, 0) is 24.6 Å². The quantitative estimate of drug-likeness (QED) is 0.629. The summed E-state index contributed by atoms with van der Waals surface area (Å²) >= 11 is 0. The standard InChI is InChI=1S/C11H13NO6S/c13-10(14)5-2-6-12-19(17,18)9-4-1-3-8(7-9)11(15)16/h1,3-4,7,12H,2,5-6H2,(H,13,14)(H,15,16). The van der Waals surface area contributed by atoms with Crippen molar-refractivity contribution < 1.29 is 28.2 Å². The normalized spacial score (nSPS) is 11.2. The van der Waals surface area contributed by atoms with Gasteiger partial charge in [-0.3, -0.25) is 4.79 Å². The van der Waals surface area contributed by atoms with E-state index in [0.717, 1.165) is 6.07 Å². The van der Waals surface area contributed by atoms with Gasteiger partial charge in [0.05, 0.1) is 10.5 Å². The molecule has 1 rings (SSSR count). The molecule has 3 N–H and O–H groups in total. The molecule has 0 saturated carbocycles. The number of benzene rings is 1. The summed E-state index contributed by atoms with van der Waals surface area (Å²) in [5, 5.41) is 17.2. The number of carboxylic acid groups (broad SMARTS) is 2. The van der Waals surface area contributed by atoms with E-state index >= 15 is 0 Å². The second kappa shape index (κ2) is 6.30. The zero-order chi connectivity index (χ0) is 14.5. The van der Waals surface area contributed by atoms with E-state index in [2.05, 4.69) is 4.72 Å². The van der Waals surface area contributed by atoms with Crippen molar-refractivity contribution in [2.45, 2.75) is 17.7 Å². The van der Waals surface area contributed by atoms with Crippen LogP contribution in [-0.4, -0.2) is 37.1 Å². The molecule has 0 saturated heterocycles. The number of hydrogen-bond acceptors (Lipinski definition) is 4. The van der Waals surface area contributed by atoms with Crippen LogP contribution in [0.3, 0.4) is 0 Å². The van der Waals surface area contributed by atoms with Crippen molar-refractivity contribution >= 4 is 22.0 Å². The Labute approximate surface area is 109 Å². The minimum atomic E-state index is -3.82. The van der Waals surface area contributed by atoms with E-state index in [-0.39, 0.29) is 29.8 Å². The van der Waals surface area contributed by atoms with Gasteiger partial charge in [-0.1, -0.05) is 6.07 Å². The first-order valence-corrected chi connectivity index (χ1v) is 6.86. The van der Waals surface area contributed by atoms with E-state index in [9.17, 15) is 18.0 Å². The predicted molar refractivity (Wildman–Crippen MR) is 65.5 cm³/mol. The van der Waals surface area contributed by atoms with Gasteiger partial charge in [0.1, 0.15) is 0 Å². The summed E-state index contributed by atoms with van der Waals surface area (Å²) < 4.78 is 25.8. The fourth-order valence-electron chi connectivity index (χ4n) is 1.33. The summed E-state index contributed by atoms with van der Waals surface area (Å²) in [6, 6.07) is 4.93. The first-order chi connectivity index (χ1) is 8.83. The molecule has 0 aliphatic carbocycles. The lowest BCUT2D eigenvalue weighted by Crippen LogP contribution is -2.25. The van der Waals surface area contributed by atoms with Gasteiger partial charge in [-0.25, -0.2) is 17.9 Å². The van der Waals surface area contributed by atoms with Crippen LogP contribution < -0.4 is 4.72 Å². The highest BCUT2D eigenvalue weighted by molar-refractivity contribution is 7.89. The van der Waals surface area contributed by atoms with Crippen LogP contribution in [0.1, 0.15) is 23.2 Å². The Balaban J connectivity index is 2.74. The third-order valence-electron chi connectivity index (χ3n) is 2.25. The maximum Gasteiger partial charge on any atom is 0.335 e. The number of hydrogen-bond donors (Lipinski definition) is 3. The highest BCUT2D eigenvalue weighted by Gasteiger charge is 2.15. The summed E-state index contributed by atoms with van der Waals surface area (Å²) in [7, 11) is -3.82. The largest absolute Gasteiger partial charge is 0.481 e. The van der Waals surface area contributed by atoms with Crippen LogP contribution in [0.4, 0.5) is 0 Å². The SMILES string of the molecule is O=C(O)CCCNS(=O)(=O)c1cccc(C(=O)O)c1. The molecule has 19 heavy (non-hydrogen) atoms. The Hall–Kier alpha value is -1.93. The lowest BCUT2D eigenvalue weighted by molar-refractivity contribution is -0.137. The van der Waals surface area contributed by atoms with Crippen molar-refractivity contribution in [1.29, 1.82) is 0 Å². The highest BCUT2D eigenvalue weighted by atomic mass is 32.2. The van der Waals surface area contributed by atoms with Crippen LogP contribution in [-0.2, 0) is 14.8 Å². The molecule has 0 aromatic heterocycles. The number of rotatable bonds is 7. The summed E-state index contributed by atoms with van der Waals surface area (Å²) in [5.41, 5.74) is -0.131. The second-order valence-electron chi connectivity index (χ2n) is 3.73. The summed E-state index contributed by atoms with van der Waals surface area (Å²) in [6.07, 6.45) is 0.0187. The fourth-order valence-corrected chi connectivity index (χ4v) is 2.45. The molecule has 0 heterocycles. The van der Waals surface area contributed by atoms with Gasteiger partial charge in [-0.15, -0.1) is 0 Å². The summed E-state index contributed by atoms with van der Waals surface area (Å²) in [5.74, 6) is -2.23. The van der Waals surface area contributed by atoms with Crippen molar-refractivity contribution in [2.24, 2.45) is 0 Å². The van der Waals surface area contributed by atoms with Crippen LogP contribution in [0, 0.1) is 0 Å². The van der Waals surface area contributed by atoms with E-state index in [0.29, 0.717) is 0 Å². The van der Waals surface area contributed by atoms with E-state index < -0.39 is 22.0 Å². The van der Waals surface area contributed by atoms with Gasteiger partial charge >= 0.3 is 11.9 Å². The molecule has 8 heteroatoms. The summed E-state index contributed by atoms with van der Waals surface area (Å²) in [4.78, 5) is 20.8. The smallest absolute Gasteiger partial charge is 0.335 e. The number of carbonyl (C=O) groups is 2. The van der Waals surface area contributed by atoms with Crippen LogP contribution >= 0.6 is 0 Å². The molecule has 0 amide bonds. The predicted octanol–water partition coefficient (Wildman–Crippen LogP) is 0.528. The van der Waals surface area contributed by atoms with Gasteiger partial charge < -0.3 is 10.2 Å². The number of aromatic carboxylic acids is 1. The molecule has 0 aliphatic heterocycles. The van der Waals surface area contributed by atoms with Gasteiger partial charge in [-0.2, -0.15) is 0 Å². The van der Waals surface area contributed by atoms with E-state index in [1.165, 1.54) is 18.2 Å². The molecule has 0 spiro atoms. The molecular weight excluding hydrogens is 274 g/mol. The van der Waals surface area contributed by atoms with Crippen molar-refractivity contribution in [2.75, 3.05) is 6.54 Å². The Kier molecular flexibility index (Phi) is 5.02. The minimum Gasteiger partial charge on any atom is -0.481 e. The highest BCUT2D eigenvalue weighted by Crippen LogP contribution is 2.11. The molecule has 0 radical (unpaired) electrons. The van der Waals surface area contributed by atoms with Crippen LogP contribution in [0.5, 0.6) is 0 Å². The molecule has 0 unspecified atom stereocenters. The zero-order valence-corrected chi connectivity index (χ0v) is 10.7. The van der Waals surface area contributed by atoms with Crippen LogP contribution in [0.15, 0.2) is 29.2 Å². The third kappa shape index (κ3) is 4.68.